The molecule has 12 rings (SSSR count). The highest BCUT2D eigenvalue weighted by atomic mass is 35.5. The third-order valence-corrected chi connectivity index (χ3v) is 17.5. The van der Waals surface area contributed by atoms with Crippen LogP contribution in [0.2, 0.25) is 0 Å². The lowest BCUT2D eigenvalue weighted by Gasteiger charge is -2.30. The Morgan fingerprint density at radius 1 is 0.662 bits per heavy atom. The summed E-state index contributed by atoms with van der Waals surface area (Å²) in [5, 5.41) is 19.8. The summed E-state index contributed by atoms with van der Waals surface area (Å²) < 4.78 is 2.15. The van der Waals surface area contributed by atoms with Crippen molar-refractivity contribution in [2.75, 3.05) is 75.0 Å². The number of pyridine rings is 2. The van der Waals surface area contributed by atoms with E-state index in [1.54, 1.807) is 0 Å². The molecule has 77 heavy (non-hydrogen) atoms. The summed E-state index contributed by atoms with van der Waals surface area (Å²) in [6, 6.07) is 29.3. The zero-order valence-electron chi connectivity index (χ0n) is 43.7. The third-order valence-electron chi connectivity index (χ3n) is 15.0. The minimum atomic E-state index is -0.509. The molecule has 0 aliphatic carbocycles. The van der Waals surface area contributed by atoms with E-state index < -0.39 is 5.24 Å². The lowest BCUT2D eigenvalue weighted by Crippen LogP contribution is -2.34. The first-order chi connectivity index (χ1) is 37.2. The average Bonchev–Trinajstić information content (AvgIpc) is 3.94. The maximum atomic E-state index is 12.8. The van der Waals surface area contributed by atoms with Crippen molar-refractivity contribution in [3.05, 3.63) is 131 Å². The number of nitrogens with one attached hydrogen (secondary N) is 5. The molecule has 8 aromatic rings. The number of allylic oxidation sites excluding steroid dienone is 1. The number of aromatic nitrogens is 2. The Morgan fingerprint density at radius 3 is 1.57 bits per heavy atom. The van der Waals surface area contributed by atoms with E-state index in [0.29, 0.717) is 29.8 Å². The first-order valence-electron chi connectivity index (χ1n) is 26.1. The van der Waals surface area contributed by atoms with E-state index in [0.717, 1.165) is 150 Å². The largest absolute Gasteiger partial charge is 0.398 e. The van der Waals surface area contributed by atoms with Crippen LogP contribution in [-0.4, -0.2) is 108 Å². The van der Waals surface area contributed by atoms with Gasteiger partial charge in [0.1, 0.15) is 9.75 Å². The van der Waals surface area contributed by atoms with Gasteiger partial charge in [-0.1, -0.05) is 37.4 Å². The highest BCUT2D eigenvalue weighted by molar-refractivity contribution is 7.22. The number of anilines is 4. The molecule has 0 bridgehead atoms. The van der Waals surface area contributed by atoms with Gasteiger partial charge in [-0.3, -0.25) is 19.2 Å². The van der Waals surface area contributed by atoms with Crippen LogP contribution in [0.4, 0.5) is 22.7 Å². The number of rotatable bonds is 7. The van der Waals surface area contributed by atoms with E-state index in [4.69, 9.17) is 27.3 Å². The van der Waals surface area contributed by atoms with Crippen LogP contribution in [0.15, 0.2) is 110 Å². The summed E-state index contributed by atoms with van der Waals surface area (Å²) in [6.07, 6.45) is 6.78. The van der Waals surface area contributed by atoms with Crippen molar-refractivity contribution in [3.8, 4) is 22.5 Å². The number of hydrogen-bond acceptors (Lipinski definition) is 13. The molecule has 0 saturated carbocycles. The molecule has 2 atom stereocenters. The van der Waals surface area contributed by atoms with Crippen molar-refractivity contribution < 1.29 is 19.2 Å². The number of nitrogens with two attached hydrogens (primary N) is 1. The van der Waals surface area contributed by atoms with Crippen LogP contribution in [-0.2, 0) is 9.59 Å². The lowest BCUT2D eigenvalue weighted by molar-refractivity contribution is -0.112. The molecular formula is C60H63ClN10O4S2. The summed E-state index contributed by atoms with van der Waals surface area (Å²) >= 11 is 7.75. The van der Waals surface area contributed by atoms with Crippen molar-refractivity contribution in [2.45, 2.75) is 63.5 Å². The minimum Gasteiger partial charge on any atom is -0.398 e. The van der Waals surface area contributed by atoms with E-state index >= 15 is 0 Å². The van der Waals surface area contributed by atoms with E-state index in [9.17, 15) is 19.2 Å². The number of hydrogen-bond donors (Lipinski definition) is 6. The van der Waals surface area contributed by atoms with Crippen LogP contribution in [0.3, 0.4) is 0 Å². The van der Waals surface area contributed by atoms with Gasteiger partial charge in [-0.25, -0.2) is 9.97 Å². The Kier molecular flexibility index (Phi) is 15.7. The van der Waals surface area contributed by atoms with Gasteiger partial charge in [0.05, 0.1) is 33.8 Å². The molecule has 4 aromatic carbocycles. The molecule has 17 heteroatoms. The Labute approximate surface area is 461 Å². The highest BCUT2D eigenvalue weighted by Gasteiger charge is 2.28. The van der Waals surface area contributed by atoms with Gasteiger partial charge in [-0.15, -0.1) is 22.7 Å². The number of halogens is 1. The van der Waals surface area contributed by atoms with Crippen molar-refractivity contribution in [1.82, 2.24) is 30.4 Å². The summed E-state index contributed by atoms with van der Waals surface area (Å²) in [4.78, 5) is 63.4. The lowest BCUT2D eigenvalue weighted by atomic mass is 9.87. The fourth-order valence-electron chi connectivity index (χ4n) is 10.9. The van der Waals surface area contributed by atoms with Gasteiger partial charge in [-0.05, 0) is 187 Å². The van der Waals surface area contributed by atoms with E-state index in [1.165, 1.54) is 39.9 Å². The van der Waals surface area contributed by atoms with E-state index in [-0.39, 0.29) is 29.8 Å². The predicted octanol–water partition coefficient (Wildman–Crippen LogP) is 11.6. The van der Waals surface area contributed by atoms with Crippen LogP contribution < -0.4 is 32.3 Å². The first kappa shape index (κ1) is 53.2. The monoisotopic (exact) mass is 1090 g/mol. The summed E-state index contributed by atoms with van der Waals surface area (Å²) in [5.74, 6) is 0.680. The molecule has 0 spiro atoms. The molecule has 2 fully saturated rings. The fourth-order valence-corrected chi connectivity index (χ4v) is 13.1. The van der Waals surface area contributed by atoms with E-state index in [2.05, 4.69) is 118 Å². The van der Waals surface area contributed by atoms with E-state index in [1.807, 2.05) is 44.2 Å². The number of benzene rings is 4. The molecule has 4 aromatic heterocycles. The number of likely N-dealkylation sites (tertiary alicyclic amines) is 2. The molecule has 4 aliphatic heterocycles. The number of fused-ring (bicyclic) bond motifs is 10. The SMILES string of the molecule is C=CC(=O)Cl.C=CC(=O)Nc1cc(-c2ccc3c(ccc4sc5c(c43)NC[C@@H](C)NC5=O)n2)ccc1C1CCN(C)CC1.C[C@@H]1CNc2c(sc3ccc4nc(-c5ccc(C6CCN(C)CC6)c(N)c5)ccc4c23)C(=O)N1. The van der Waals surface area contributed by atoms with Gasteiger partial charge < -0.3 is 42.1 Å². The molecule has 0 unspecified atom stereocenters. The van der Waals surface area contributed by atoms with Gasteiger partial charge in [0, 0.05) is 78.6 Å². The zero-order valence-corrected chi connectivity index (χ0v) is 46.1. The Hall–Kier alpha value is -7.21. The molecule has 3 amide bonds. The van der Waals surface area contributed by atoms with Crippen molar-refractivity contribution in [2.24, 2.45) is 0 Å². The van der Waals surface area contributed by atoms with Gasteiger partial charge >= 0.3 is 0 Å². The molecule has 0 radical (unpaired) electrons. The number of nitrogen functional groups attached to an aromatic ring is 1. The maximum Gasteiger partial charge on any atom is 0.263 e. The molecule has 7 N–H and O–H groups in total. The van der Waals surface area contributed by atoms with Crippen molar-refractivity contribution >= 4 is 122 Å². The first-order valence-corrected chi connectivity index (χ1v) is 28.2. The Balaban J connectivity index is 0.000000161. The van der Waals surface area contributed by atoms with Gasteiger partial charge in [0.15, 0.2) is 0 Å². The molecular weight excluding hydrogens is 1020 g/mol. The van der Waals surface area contributed by atoms with Gasteiger partial charge in [0.2, 0.25) is 11.1 Å². The second-order valence-electron chi connectivity index (χ2n) is 20.5. The molecule has 396 valence electrons. The van der Waals surface area contributed by atoms with Crippen LogP contribution >= 0.6 is 34.3 Å². The second-order valence-corrected chi connectivity index (χ2v) is 23.0. The normalized spacial score (nSPS) is 18.2. The number of nitrogens with zero attached hydrogens (tertiary/aromatic N) is 4. The Morgan fingerprint density at radius 2 is 1.12 bits per heavy atom. The number of carbonyl (C=O) groups excluding carboxylic acids is 4. The van der Waals surface area contributed by atoms with Crippen LogP contribution in [0.1, 0.15) is 81.8 Å². The number of carbonyl (C=O) groups is 4. The number of piperidine rings is 2. The number of thiophene rings is 2. The molecule has 4 aliphatic rings. The predicted molar refractivity (Wildman–Crippen MR) is 319 cm³/mol. The summed E-state index contributed by atoms with van der Waals surface area (Å²) in [7, 11) is 4.33. The summed E-state index contributed by atoms with van der Waals surface area (Å²) in [5.41, 5.74) is 18.0. The molecule has 2 saturated heterocycles. The smallest absolute Gasteiger partial charge is 0.263 e. The second kappa shape index (κ2) is 22.8. The van der Waals surface area contributed by atoms with Crippen LogP contribution in [0.25, 0.3) is 64.5 Å². The minimum absolute atomic E-state index is 0.00777. The van der Waals surface area contributed by atoms with Crippen molar-refractivity contribution in [1.29, 1.82) is 0 Å². The number of amides is 3. The maximum absolute atomic E-state index is 12.8. The fraction of sp³-hybridized carbons (Fsp3) is 0.300. The Bertz CT molecular complexity index is 3630. The van der Waals surface area contributed by atoms with Gasteiger partial charge in [0.25, 0.3) is 11.8 Å². The van der Waals surface area contributed by atoms with Gasteiger partial charge in [-0.2, -0.15) is 0 Å². The zero-order chi connectivity index (χ0) is 54.1. The van der Waals surface area contributed by atoms with Crippen molar-refractivity contribution in [3.63, 3.8) is 0 Å². The molecule has 8 heterocycles. The highest BCUT2D eigenvalue weighted by Crippen LogP contribution is 2.44. The quantitative estimate of drug-likeness (QED) is 0.0507. The average molecular weight is 1090 g/mol. The standard InChI is InChI=1S/C30H31N5O2S.C27H29N5OS.C3H3ClO/c1-4-26(36)34-24-15-19(5-6-20(24)18-11-13-35(3)14-12-18)22-8-7-21-23(33-22)9-10-25-27(21)28-29(38-25)30(37)32-17(2)16-31-28;1-15-14-29-25-24-19-5-6-21(31-22(19)7-8-23(24)34-26(25)27(33)30-15)17-3-4-18(20(28)13-17)16-9-11-32(2)12-10-16;1-2-3(4)5/h4-10,15,17-18,31H,1,11-14,16H2,2-3H3,(H,32,37)(H,34,36);3-8,13,15-16,29H,9-12,14,28H2,1-2H3,(H,30,33);2H,1H2/t17-;15-;/m11./s1. The molecule has 14 nitrogen and oxygen atoms in total. The van der Waals surface area contributed by atoms with Crippen LogP contribution in [0, 0.1) is 0 Å². The summed E-state index contributed by atoms with van der Waals surface area (Å²) in [6.45, 7) is 16.4. The van der Waals surface area contributed by atoms with Crippen LogP contribution in [0.5, 0.6) is 0 Å². The third kappa shape index (κ3) is 11.3. The topological polar surface area (TPSA) is 187 Å².